The van der Waals surface area contributed by atoms with Gasteiger partial charge in [-0.3, -0.25) is 4.79 Å². The van der Waals surface area contributed by atoms with E-state index in [4.69, 9.17) is 14.2 Å². The molecule has 0 saturated carbocycles. The van der Waals surface area contributed by atoms with Gasteiger partial charge in [-0.1, -0.05) is 6.07 Å². The topological polar surface area (TPSA) is 85.9 Å². The third kappa shape index (κ3) is 7.76. The number of methoxy groups -OCH3 is 1. The van der Waals surface area contributed by atoms with E-state index in [0.717, 1.165) is 5.56 Å². The van der Waals surface area contributed by atoms with Crippen LogP contribution in [0.15, 0.2) is 18.2 Å². The van der Waals surface area contributed by atoms with Gasteiger partial charge in [0.2, 0.25) is 5.91 Å². The van der Waals surface area contributed by atoms with Gasteiger partial charge >= 0.3 is 6.09 Å². The second-order valence-corrected chi connectivity index (χ2v) is 7.68. The molecule has 0 radical (unpaired) electrons. The molecule has 7 nitrogen and oxygen atoms in total. The van der Waals surface area contributed by atoms with E-state index in [0.29, 0.717) is 11.5 Å². The SMILES string of the molecule is COc1cc(C(C)NC(=O)C(C)NC(=O)OC(C)(C)C)ccc1OC(C)C. The maximum Gasteiger partial charge on any atom is 0.408 e. The van der Waals surface area contributed by atoms with Crippen LogP contribution in [0.25, 0.3) is 0 Å². The van der Waals surface area contributed by atoms with E-state index < -0.39 is 17.7 Å². The average molecular weight is 380 g/mol. The fraction of sp³-hybridized carbons (Fsp3) is 0.600. The molecule has 0 spiro atoms. The Labute approximate surface area is 161 Å². The van der Waals surface area contributed by atoms with Crippen LogP contribution in [-0.2, 0) is 9.53 Å². The van der Waals surface area contributed by atoms with Gasteiger partial charge in [-0.25, -0.2) is 4.79 Å². The lowest BCUT2D eigenvalue weighted by molar-refractivity contribution is -0.123. The van der Waals surface area contributed by atoms with Crippen LogP contribution in [0, 0.1) is 0 Å². The highest BCUT2D eigenvalue weighted by Crippen LogP contribution is 2.31. The van der Waals surface area contributed by atoms with Crippen molar-refractivity contribution in [3.05, 3.63) is 23.8 Å². The van der Waals surface area contributed by atoms with Crippen molar-refractivity contribution in [1.82, 2.24) is 10.6 Å². The predicted molar refractivity (Wildman–Crippen MR) is 104 cm³/mol. The molecule has 0 bridgehead atoms. The Balaban J connectivity index is 2.73. The van der Waals surface area contributed by atoms with Crippen molar-refractivity contribution in [1.29, 1.82) is 0 Å². The molecule has 0 aliphatic carbocycles. The summed E-state index contributed by atoms with van der Waals surface area (Å²) in [5.41, 5.74) is 0.241. The molecular weight excluding hydrogens is 348 g/mol. The Morgan fingerprint density at radius 3 is 2.15 bits per heavy atom. The summed E-state index contributed by atoms with van der Waals surface area (Å²) < 4.78 is 16.2. The fourth-order valence-electron chi connectivity index (χ4n) is 2.28. The molecule has 0 saturated heterocycles. The number of nitrogens with one attached hydrogen (secondary N) is 2. The molecule has 1 aromatic carbocycles. The molecular formula is C20H32N2O5. The maximum atomic E-state index is 12.4. The largest absolute Gasteiger partial charge is 0.493 e. The predicted octanol–water partition coefficient (Wildman–Crippen LogP) is 3.57. The summed E-state index contributed by atoms with van der Waals surface area (Å²) in [5, 5.41) is 5.40. The van der Waals surface area contributed by atoms with Gasteiger partial charge in [0.25, 0.3) is 0 Å². The molecule has 2 unspecified atom stereocenters. The van der Waals surface area contributed by atoms with Crippen molar-refractivity contribution in [3.8, 4) is 11.5 Å². The van der Waals surface area contributed by atoms with Crippen LogP contribution < -0.4 is 20.1 Å². The molecule has 0 aromatic heterocycles. The van der Waals surface area contributed by atoms with Crippen LogP contribution in [0.3, 0.4) is 0 Å². The van der Waals surface area contributed by atoms with E-state index in [1.54, 1.807) is 34.8 Å². The number of hydrogen-bond donors (Lipinski definition) is 2. The van der Waals surface area contributed by atoms with Gasteiger partial charge in [0, 0.05) is 0 Å². The number of rotatable bonds is 7. The smallest absolute Gasteiger partial charge is 0.408 e. The third-order valence-corrected chi connectivity index (χ3v) is 3.54. The first-order chi connectivity index (χ1) is 12.4. The molecule has 0 aliphatic rings. The van der Waals surface area contributed by atoms with Gasteiger partial charge < -0.3 is 24.8 Å². The standard InChI is InChI=1S/C20H32N2O5/c1-12(2)26-16-10-9-15(11-17(16)25-8)13(3)21-18(23)14(4)22-19(24)27-20(5,6)7/h9-14H,1-8H3,(H,21,23)(H,22,24). The van der Waals surface area contributed by atoms with Crippen LogP contribution in [0.5, 0.6) is 11.5 Å². The second-order valence-electron chi connectivity index (χ2n) is 7.68. The van der Waals surface area contributed by atoms with Gasteiger partial charge in [0.1, 0.15) is 11.6 Å². The number of carbonyl (C=O) groups is 2. The Kier molecular flexibility index (Phi) is 7.94. The molecule has 27 heavy (non-hydrogen) atoms. The third-order valence-electron chi connectivity index (χ3n) is 3.54. The van der Waals surface area contributed by atoms with E-state index in [9.17, 15) is 9.59 Å². The molecule has 1 rings (SSSR count). The van der Waals surface area contributed by atoms with E-state index >= 15 is 0 Å². The van der Waals surface area contributed by atoms with Crippen molar-refractivity contribution in [2.75, 3.05) is 7.11 Å². The molecule has 152 valence electrons. The minimum Gasteiger partial charge on any atom is -0.493 e. The number of alkyl carbamates (subject to hydrolysis) is 1. The normalized spacial score (nSPS) is 13.5. The Bertz CT molecular complexity index is 652. The van der Waals surface area contributed by atoms with Crippen LogP contribution in [-0.4, -0.2) is 36.9 Å². The minimum absolute atomic E-state index is 0.0293. The summed E-state index contributed by atoms with van der Waals surface area (Å²) in [6.45, 7) is 12.6. The first-order valence-corrected chi connectivity index (χ1v) is 9.07. The summed E-state index contributed by atoms with van der Waals surface area (Å²) in [5.74, 6) is 0.937. The number of benzene rings is 1. The van der Waals surface area contributed by atoms with E-state index in [-0.39, 0.29) is 18.1 Å². The van der Waals surface area contributed by atoms with Gasteiger partial charge in [0.15, 0.2) is 11.5 Å². The zero-order valence-electron chi connectivity index (χ0n) is 17.5. The summed E-state index contributed by atoms with van der Waals surface area (Å²) in [6.07, 6.45) is -0.601. The van der Waals surface area contributed by atoms with Crippen LogP contribution in [0.2, 0.25) is 0 Å². The van der Waals surface area contributed by atoms with Crippen LogP contribution in [0.4, 0.5) is 4.79 Å². The summed E-state index contributed by atoms with van der Waals surface area (Å²) in [4.78, 5) is 24.2. The zero-order chi connectivity index (χ0) is 20.8. The molecule has 2 amide bonds. The molecule has 0 fully saturated rings. The van der Waals surface area contributed by atoms with Crippen LogP contribution in [0.1, 0.15) is 60.1 Å². The maximum absolute atomic E-state index is 12.4. The molecule has 2 atom stereocenters. The summed E-state index contributed by atoms with van der Waals surface area (Å²) >= 11 is 0. The highest BCUT2D eigenvalue weighted by Gasteiger charge is 2.22. The Morgan fingerprint density at radius 2 is 1.63 bits per heavy atom. The summed E-state index contributed by atoms with van der Waals surface area (Å²) in [6, 6.07) is 4.51. The lowest BCUT2D eigenvalue weighted by Gasteiger charge is -2.23. The molecule has 2 N–H and O–H groups in total. The Hall–Kier alpha value is -2.44. The minimum atomic E-state index is -0.729. The quantitative estimate of drug-likeness (QED) is 0.755. The van der Waals surface area contributed by atoms with Crippen molar-refractivity contribution in [2.45, 2.75) is 72.3 Å². The average Bonchev–Trinajstić information content (AvgIpc) is 2.52. The highest BCUT2D eigenvalue weighted by atomic mass is 16.6. The molecule has 0 aliphatic heterocycles. The van der Waals surface area contributed by atoms with E-state index in [1.165, 1.54) is 0 Å². The monoisotopic (exact) mass is 380 g/mol. The van der Waals surface area contributed by atoms with Crippen molar-refractivity contribution >= 4 is 12.0 Å². The van der Waals surface area contributed by atoms with Gasteiger partial charge in [-0.2, -0.15) is 0 Å². The van der Waals surface area contributed by atoms with E-state index in [2.05, 4.69) is 10.6 Å². The fourth-order valence-corrected chi connectivity index (χ4v) is 2.28. The highest BCUT2D eigenvalue weighted by molar-refractivity contribution is 5.85. The van der Waals surface area contributed by atoms with Crippen molar-refractivity contribution in [3.63, 3.8) is 0 Å². The number of amides is 2. The molecule has 7 heteroatoms. The second kappa shape index (κ2) is 9.48. The van der Waals surface area contributed by atoms with Gasteiger partial charge in [-0.15, -0.1) is 0 Å². The number of ether oxygens (including phenoxy) is 3. The zero-order valence-corrected chi connectivity index (χ0v) is 17.5. The van der Waals surface area contributed by atoms with E-state index in [1.807, 2.05) is 39.0 Å². The summed E-state index contributed by atoms with van der Waals surface area (Å²) in [7, 11) is 1.57. The lowest BCUT2D eigenvalue weighted by atomic mass is 10.1. The van der Waals surface area contributed by atoms with Crippen molar-refractivity contribution < 1.29 is 23.8 Å². The Morgan fingerprint density at radius 1 is 1.00 bits per heavy atom. The van der Waals surface area contributed by atoms with Crippen molar-refractivity contribution in [2.24, 2.45) is 0 Å². The molecule has 1 aromatic rings. The van der Waals surface area contributed by atoms with Gasteiger partial charge in [-0.05, 0) is 66.2 Å². The first kappa shape index (κ1) is 22.6. The number of hydrogen-bond acceptors (Lipinski definition) is 5. The number of carbonyl (C=O) groups excluding carboxylic acids is 2. The van der Waals surface area contributed by atoms with Crippen LogP contribution >= 0.6 is 0 Å². The lowest BCUT2D eigenvalue weighted by Crippen LogP contribution is -2.47. The molecule has 0 heterocycles. The van der Waals surface area contributed by atoms with Gasteiger partial charge in [0.05, 0.1) is 19.3 Å². The first-order valence-electron chi connectivity index (χ1n) is 9.07.